The quantitative estimate of drug-likeness (QED) is 0.120. The number of hydroxylamine groups is 2. The van der Waals surface area contributed by atoms with Gasteiger partial charge in [-0.05, 0) is 48.2 Å². The molecule has 8 heteroatoms. The van der Waals surface area contributed by atoms with Crippen molar-refractivity contribution in [2.45, 2.75) is 70.6 Å². The third-order valence-electron chi connectivity index (χ3n) is 5.49. The van der Waals surface area contributed by atoms with Gasteiger partial charge in [-0.25, -0.2) is 4.79 Å². The van der Waals surface area contributed by atoms with E-state index in [1.807, 2.05) is 24.3 Å². The summed E-state index contributed by atoms with van der Waals surface area (Å²) in [7, 11) is 0. The molecule has 0 bridgehead atoms. The van der Waals surface area contributed by atoms with Crippen LogP contribution in [0.15, 0.2) is 48.5 Å². The molecule has 0 atom stereocenters. The number of alkyl halides is 4. The molecule has 0 radical (unpaired) electrons. The molecule has 2 aromatic rings. The van der Waals surface area contributed by atoms with Crippen molar-refractivity contribution < 1.29 is 32.3 Å². The van der Waals surface area contributed by atoms with Crippen molar-refractivity contribution in [1.82, 2.24) is 5.06 Å². The predicted molar refractivity (Wildman–Crippen MR) is 131 cm³/mol. The normalized spacial score (nSPS) is 11.4. The molecule has 0 aliphatic heterocycles. The summed E-state index contributed by atoms with van der Waals surface area (Å²) < 4.78 is 50.4. The van der Waals surface area contributed by atoms with E-state index in [0.717, 1.165) is 68.2 Å². The Labute approximate surface area is 210 Å². The number of aliphatic carboxylic acids is 1. The minimum atomic E-state index is -4.42. The molecule has 0 aromatic heterocycles. The van der Waals surface area contributed by atoms with Gasteiger partial charge in [0.25, 0.3) is 0 Å². The van der Waals surface area contributed by atoms with E-state index in [0.29, 0.717) is 12.0 Å². The monoisotopic (exact) mass is 507 g/mol. The lowest BCUT2D eigenvalue weighted by Crippen LogP contribution is -2.26. The smallest absolute Gasteiger partial charge is 0.416 e. The van der Waals surface area contributed by atoms with Crippen molar-refractivity contribution >= 4 is 5.97 Å². The highest BCUT2D eigenvalue weighted by molar-refractivity contribution is 5.67. The van der Waals surface area contributed by atoms with Gasteiger partial charge in [-0.1, -0.05) is 68.2 Å². The molecule has 0 heterocycles. The number of rotatable bonds is 15. The van der Waals surface area contributed by atoms with E-state index in [9.17, 15) is 22.4 Å². The van der Waals surface area contributed by atoms with Gasteiger partial charge in [-0.3, -0.25) is 9.23 Å². The maximum absolute atomic E-state index is 12.8. The standard InChI is InChI=1S/C28H33F4NO3/c29-19-9-7-5-3-1-2-4-6-8-10-23-11-13-24(14-12-23)20-33(36-22-27(34)35)21-25-15-17-26(18-16-25)28(30,31)32/h11-18H,1-7,9,19-22H2,(H,34,35). The summed E-state index contributed by atoms with van der Waals surface area (Å²) in [6.07, 6.45) is 3.56. The van der Waals surface area contributed by atoms with Gasteiger partial charge in [0.05, 0.1) is 12.2 Å². The lowest BCUT2D eigenvalue weighted by Gasteiger charge is -2.21. The van der Waals surface area contributed by atoms with Crippen molar-refractivity contribution in [1.29, 1.82) is 0 Å². The second kappa shape index (κ2) is 16.0. The van der Waals surface area contributed by atoms with E-state index < -0.39 is 24.3 Å². The van der Waals surface area contributed by atoms with Crippen molar-refractivity contribution in [3.63, 3.8) is 0 Å². The van der Waals surface area contributed by atoms with Gasteiger partial charge in [0.2, 0.25) is 0 Å². The number of carboxylic acids is 1. The first-order valence-corrected chi connectivity index (χ1v) is 12.2. The minimum Gasteiger partial charge on any atom is -0.479 e. The molecule has 36 heavy (non-hydrogen) atoms. The van der Waals surface area contributed by atoms with E-state index in [1.165, 1.54) is 17.2 Å². The zero-order valence-electron chi connectivity index (χ0n) is 20.3. The highest BCUT2D eigenvalue weighted by atomic mass is 19.4. The first-order chi connectivity index (χ1) is 17.3. The summed E-state index contributed by atoms with van der Waals surface area (Å²) in [5, 5.41) is 10.4. The number of benzene rings is 2. The van der Waals surface area contributed by atoms with Crippen LogP contribution in [0.5, 0.6) is 0 Å². The first kappa shape index (κ1) is 29.3. The van der Waals surface area contributed by atoms with Gasteiger partial charge < -0.3 is 5.11 Å². The van der Waals surface area contributed by atoms with Gasteiger partial charge in [-0.2, -0.15) is 18.2 Å². The molecule has 0 aliphatic rings. The first-order valence-electron chi connectivity index (χ1n) is 12.2. The Morgan fingerprint density at radius 3 is 1.89 bits per heavy atom. The molecule has 0 aliphatic carbocycles. The molecule has 0 fully saturated rings. The molecule has 2 rings (SSSR count). The maximum atomic E-state index is 12.8. The fourth-order valence-corrected chi connectivity index (χ4v) is 3.55. The van der Waals surface area contributed by atoms with Gasteiger partial charge in [0.1, 0.15) is 0 Å². The Balaban J connectivity index is 1.84. The Kier molecular flexibility index (Phi) is 13.0. The zero-order valence-corrected chi connectivity index (χ0v) is 20.3. The molecule has 2 aromatic carbocycles. The number of unbranched alkanes of at least 4 members (excludes halogenated alkanes) is 7. The number of halogens is 4. The molecule has 0 saturated heterocycles. The van der Waals surface area contributed by atoms with Gasteiger partial charge >= 0.3 is 12.1 Å². The largest absolute Gasteiger partial charge is 0.479 e. The summed E-state index contributed by atoms with van der Waals surface area (Å²) in [4.78, 5) is 16.3. The lowest BCUT2D eigenvalue weighted by atomic mass is 10.1. The highest BCUT2D eigenvalue weighted by Gasteiger charge is 2.30. The van der Waals surface area contributed by atoms with E-state index in [4.69, 9.17) is 9.94 Å². The predicted octanol–water partition coefficient (Wildman–Crippen LogP) is 7.17. The van der Waals surface area contributed by atoms with E-state index >= 15 is 0 Å². The second-order valence-electron chi connectivity index (χ2n) is 8.57. The molecule has 4 nitrogen and oxygen atoms in total. The van der Waals surface area contributed by atoms with Gasteiger partial charge in [-0.15, -0.1) is 0 Å². The molecule has 0 amide bonds. The average molecular weight is 508 g/mol. The van der Waals surface area contributed by atoms with Crippen LogP contribution >= 0.6 is 0 Å². The van der Waals surface area contributed by atoms with Crippen LogP contribution < -0.4 is 0 Å². The van der Waals surface area contributed by atoms with E-state index in [2.05, 4.69) is 11.8 Å². The van der Waals surface area contributed by atoms with Crippen molar-refractivity contribution in [2.75, 3.05) is 13.3 Å². The molecular weight excluding hydrogens is 474 g/mol. The van der Waals surface area contributed by atoms with Crippen LogP contribution in [-0.2, 0) is 28.9 Å². The molecule has 196 valence electrons. The van der Waals surface area contributed by atoms with Crippen LogP contribution in [0, 0.1) is 11.8 Å². The molecule has 0 saturated carbocycles. The van der Waals surface area contributed by atoms with Crippen LogP contribution in [0.2, 0.25) is 0 Å². The number of hydrogen-bond donors (Lipinski definition) is 1. The average Bonchev–Trinajstić information content (AvgIpc) is 2.84. The Morgan fingerprint density at radius 2 is 1.36 bits per heavy atom. The molecule has 1 N–H and O–H groups in total. The zero-order chi connectivity index (χ0) is 26.2. The lowest BCUT2D eigenvalue weighted by molar-refractivity contribution is -0.190. The third kappa shape index (κ3) is 12.2. The number of carboxylic acid groups (broad SMARTS) is 1. The Bertz CT molecular complexity index is 964. The summed E-state index contributed by atoms with van der Waals surface area (Å²) >= 11 is 0. The van der Waals surface area contributed by atoms with Crippen LogP contribution in [0.25, 0.3) is 0 Å². The summed E-state index contributed by atoms with van der Waals surface area (Å²) in [5.41, 5.74) is 1.54. The van der Waals surface area contributed by atoms with Crippen molar-refractivity contribution in [3.05, 3.63) is 70.8 Å². The number of nitrogens with zero attached hydrogens (tertiary/aromatic N) is 1. The van der Waals surface area contributed by atoms with E-state index in [-0.39, 0.29) is 19.8 Å². The molecule has 0 spiro atoms. The topological polar surface area (TPSA) is 49.8 Å². The van der Waals surface area contributed by atoms with Gasteiger partial charge in [0, 0.05) is 25.1 Å². The SMILES string of the molecule is O=C(O)CON(Cc1ccc(C#CCCCCCCCCCF)cc1)Cc1ccc(C(F)(F)F)cc1. The molecular formula is C28H33F4NO3. The van der Waals surface area contributed by atoms with Crippen LogP contribution in [0.1, 0.15) is 73.6 Å². The fraction of sp³-hybridized carbons (Fsp3) is 0.464. The Hall–Kier alpha value is -2.89. The Morgan fingerprint density at radius 1 is 0.833 bits per heavy atom. The van der Waals surface area contributed by atoms with E-state index in [1.54, 1.807) is 0 Å². The number of hydrogen-bond acceptors (Lipinski definition) is 3. The second-order valence-corrected chi connectivity index (χ2v) is 8.57. The van der Waals surface area contributed by atoms with Crippen LogP contribution in [0.4, 0.5) is 17.6 Å². The number of carbonyl (C=O) groups is 1. The van der Waals surface area contributed by atoms with Gasteiger partial charge in [0.15, 0.2) is 6.61 Å². The third-order valence-corrected chi connectivity index (χ3v) is 5.49. The maximum Gasteiger partial charge on any atom is 0.416 e. The van der Waals surface area contributed by atoms with Crippen LogP contribution in [-0.4, -0.2) is 29.4 Å². The van der Waals surface area contributed by atoms with Crippen LogP contribution in [0.3, 0.4) is 0 Å². The summed E-state index contributed by atoms with van der Waals surface area (Å²) in [5.74, 6) is 5.17. The van der Waals surface area contributed by atoms with Crippen molar-refractivity contribution in [3.8, 4) is 11.8 Å². The fourth-order valence-electron chi connectivity index (χ4n) is 3.55. The summed E-state index contributed by atoms with van der Waals surface area (Å²) in [6.45, 7) is -0.395. The summed E-state index contributed by atoms with van der Waals surface area (Å²) in [6, 6.07) is 12.2. The highest BCUT2D eigenvalue weighted by Crippen LogP contribution is 2.29. The minimum absolute atomic E-state index is 0.128. The molecule has 0 unspecified atom stereocenters. The van der Waals surface area contributed by atoms with Crippen molar-refractivity contribution in [2.24, 2.45) is 0 Å².